The van der Waals surface area contributed by atoms with E-state index in [9.17, 15) is 14.9 Å². The lowest BCUT2D eigenvalue weighted by Gasteiger charge is -1.94. The summed E-state index contributed by atoms with van der Waals surface area (Å²) in [4.78, 5) is 24.4. The fourth-order valence-electron chi connectivity index (χ4n) is 0.937. The van der Waals surface area contributed by atoms with Gasteiger partial charge in [-0.3, -0.25) is 10.2 Å². The molecule has 0 aliphatic carbocycles. The van der Waals surface area contributed by atoms with E-state index in [1.165, 1.54) is 17.7 Å². The average Bonchev–Trinajstić information content (AvgIpc) is 2.56. The number of nitrogens with one attached hydrogen (secondary N) is 1. The normalized spacial score (nSPS) is 10.5. The van der Waals surface area contributed by atoms with Crippen molar-refractivity contribution in [2.45, 2.75) is 0 Å². The van der Waals surface area contributed by atoms with Crippen LogP contribution in [0.4, 0.5) is 5.82 Å². The maximum atomic E-state index is 10.7. The Morgan fingerprint density at radius 2 is 2.47 bits per heavy atom. The number of aromatic nitrogens is 2. The second-order valence-corrected chi connectivity index (χ2v) is 2.63. The van der Waals surface area contributed by atoms with Crippen LogP contribution in [-0.4, -0.2) is 20.4 Å². The van der Waals surface area contributed by atoms with E-state index in [0.29, 0.717) is 5.82 Å². The van der Waals surface area contributed by atoms with E-state index in [1.54, 1.807) is 0 Å². The summed E-state index contributed by atoms with van der Waals surface area (Å²) in [5.74, 6) is 4.47. The molecule has 1 amide bonds. The van der Waals surface area contributed by atoms with Gasteiger partial charge < -0.3 is 10.1 Å². The Morgan fingerprint density at radius 3 is 2.93 bits per heavy atom. The third kappa shape index (κ3) is 2.38. The van der Waals surface area contributed by atoms with Crippen molar-refractivity contribution in [3.8, 4) is 0 Å². The summed E-state index contributed by atoms with van der Waals surface area (Å²) < 4.78 is 1.25. The lowest BCUT2D eigenvalue weighted by molar-refractivity contribution is -0.391. The Hall–Kier alpha value is -2.22. The molecule has 0 aliphatic heterocycles. The number of nitrogens with two attached hydrogens (primary N) is 1. The Balaban J connectivity index is 2.93. The zero-order valence-electron chi connectivity index (χ0n) is 7.88. The summed E-state index contributed by atoms with van der Waals surface area (Å²) >= 11 is 0. The zero-order chi connectivity index (χ0) is 11.4. The molecule has 1 aromatic rings. The van der Waals surface area contributed by atoms with Crippen molar-refractivity contribution in [1.29, 1.82) is 0 Å². The van der Waals surface area contributed by atoms with Crippen LogP contribution in [0.3, 0.4) is 0 Å². The van der Waals surface area contributed by atoms with Crippen molar-refractivity contribution >= 4 is 17.8 Å². The Kier molecular flexibility index (Phi) is 3.13. The van der Waals surface area contributed by atoms with Gasteiger partial charge in [0.2, 0.25) is 5.82 Å². The SMILES string of the molecule is Cn1c([N+](=O)[O-])cnc1C=CC(=O)NN. The summed E-state index contributed by atoms with van der Waals surface area (Å²) in [6, 6.07) is 0. The number of carbonyl (C=O) groups excluding carboxylic acids is 1. The molecule has 15 heavy (non-hydrogen) atoms. The van der Waals surface area contributed by atoms with Gasteiger partial charge in [0.05, 0.1) is 7.05 Å². The number of amides is 1. The molecule has 3 N–H and O–H groups in total. The zero-order valence-corrected chi connectivity index (χ0v) is 7.88. The van der Waals surface area contributed by atoms with Crippen molar-refractivity contribution in [2.75, 3.05) is 0 Å². The summed E-state index contributed by atoms with van der Waals surface area (Å²) in [7, 11) is 1.48. The maximum absolute atomic E-state index is 10.7. The lowest BCUT2D eigenvalue weighted by Crippen LogP contribution is -2.27. The highest BCUT2D eigenvalue weighted by atomic mass is 16.6. The monoisotopic (exact) mass is 211 g/mol. The molecule has 0 saturated carbocycles. The molecule has 0 spiro atoms. The average molecular weight is 211 g/mol. The van der Waals surface area contributed by atoms with Crippen molar-refractivity contribution in [3.63, 3.8) is 0 Å². The van der Waals surface area contributed by atoms with Crippen molar-refractivity contribution in [2.24, 2.45) is 12.9 Å². The molecule has 0 radical (unpaired) electrons. The lowest BCUT2D eigenvalue weighted by atomic mass is 10.4. The van der Waals surface area contributed by atoms with Gasteiger partial charge in [-0.25, -0.2) is 15.4 Å². The van der Waals surface area contributed by atoms with E-state index >= 15 is 0 Å². The Labute approximate surface area is 84.5 Å². The molecule has 1 rings (SSSR count). The van der Waals surface area contributed by atoms with Crippen LogP contribution in [0.15, 0.2) is 12.3 Å². The fraction of sp³-hybridized carbons (Fsp3) is 0.143. The van der Waals surface area contributed by atoms with Gasteiger partial charge in [0, 0.05) is 12.2 Å². The molecule has 0 saturated heterocycles. The van der Waals surface area contributed by atoms with Gasteiger partial charge in [-0.2, -0.15) is 0 Å². The fourth-order valence-corrected chi connectivity index (χ4v) is 0.937. The minimum Gasteiger partial charge on any atom is -0.358 e. The first-order valence-electron chi connectivity index (χ1n) is 3.91. The second-order valence-electron chi connectivity index (χ2n) is 2.63. The third-order valence-electron chi connectivity index (χ3n) is 1.71. The molecule has 8 heteroatoms. The molecule has 1 aromatic heterocycles. The Bertz CT molecular complexity index is 422. The first-order valence-corrected chi connectivity index (χ1v) is 3.91. The molecular weight excluding hydrogens is 202 g/mol. The van der Waals surface area contributed by atoms with Gasteiger partial charge in [-0.15, -0.1) is 0 Å². The molecule has 0 fully saturated rings. The quantitative estimate of drug-likeness (QED) is 0.226. The first kappa shape index (κ1) is 10.9. The van der Waals surface area contributed by atoms with Gasteiger partial charge in [-0.1, -0.05) is 0 Å². The van der Waals surface area contributed by atoms with Crippen LogP contribution in [0, 0.1) is 10.1 Å². The number of nitro groups is 1. The number of hydrazine groups is 1. The molecule has 0 bridgehead atoms. The van der Waals surface area contributed by atoms with Crippen LogP contribution >= 0.6 is 0 Å². The molecule has 8 nitrogen and oxygen atoms in total. The topological polar surface area (TPSA) is 116 Å². The van der Waals surface area contributed by atoms with Crippen LogP contribution in [0.25, 0.3) is 6.08 Å². The smallest absolute Gasteiger partial charge is 0.342 e. The highest BCUT2D eigenvalue weighted by molar-refractivity contribution is 5.90. The molecule has 1 heterocycles. The highest BCUT2D eigenvalue weighted by Gasteiger charge is 2.13. The summed E-state index contributed by atoms with van der Waals surface area (Å²) in [5.41, 5.74) is 1.89. The van der Waals surface area contributed by atoms with Crippen LogP contribution in [0.2, 0.25) is 0 Å². The Morgan fingerprint density at radius 1 is 1.80 bits per heavy atom. The largest absolute Gasteiger partial charge is 0.358 e. The summed E-state index contributed by atoms with van der Waals surface area (Å²) in [6.45, 7) is 0. The number of hydrogen-bond acceptors (Lipinski definition) is 5. The van der Waals surface area contributed by atoms with Crippen molar-refractivity contribution in [1.82, 2.24) is 15.0 Å². The number of rotatable bonds is 3. The third-order valence-corrected chi connectivity index (χ3v) is 1.71. The van der Waals surface area contributed by atoms with E-state index in [2.05, 4.69) is 4.98 Å². The van der Waals surface area contributed by atoms with E-state index in [-0.39, 0.29) is 5.82 Å². The van der Waals surface area contributed by atoms with Crippen LogP contribution in [0.1, 0.15) is 5.82 Å². The molecule has 0 aliphatic rings. The van der Waals surface area contributed by atoms with E-state index in [0.717, 1.165) is 12.3 Å². The number of imidazole rings is 1. The number of carbonyl (C=O) groups is 1. The van der Waals surface area contributed by atoms with Crippen LogP contribution < -0.4 is 11.3 Å². The van der Waals surface area contributed by atoms with E-state index in [4.69, 9.17) is 5.84 Å². The van der Waals surface area contributed by atoms with Crippen molar-refractivity contribution in [3.05, 3.63) is 28.2 Å². The summed E-state index contributed by atoms with van der Waals surface area (Å²) in [6.07, 6.45) is 3.57. The first-order chi connectivity index (χ1) is 7.06. The minimum atomic E-state index is -0.562. The molecular formula is C7H9N5O3. The molecule has 0 unspecified atom stereocenters. The second kappa shape index (κ2) is 4.33. The number of nitrogens with zero attached hydrogens (tertiary/aromatic N) is 3. The van der Waals surface area contributed by atoms with Crippen LogP contribution in [0.5, 0.6) is 0 Å². The molecule has 0 atom stereocenters. The van der Waals surface area contributed by atoms with Gasteiger partial charge in [0.25, 0.3) is 5.91 Å². The van der Waals surface area contributed by atoms with E-state index < -0.39 is 10.8 Å². The molecule has 80 valence electrons. The van der Waals surface area contributed by atoms with Crippen LogP contribution in [-0.2, 0) is 11.8 Å². The van der Waals surface area contributed by atoms with Gasteiger partial charge >= 0.3 is 5.82 Å². The van der Waals surface area contributed by atoms with Gasteiger partial charge in [0.15, 0.2) is 0 Å². The van der Waals surface area contributed by atoms with Crippen molar-refractivity contribution < 1.29 is 9.72 Å². The van der Waals surface area contributed by atoms with Gasteiger partial charge in [0.1, 0.15) is 6.20 Å². The summed E-state index contributed by atoms with van der Waals surface area (Å²) in [5, 5.41) is 10.5. The highest BCUT2D eigenvalue weighted by Crippen LogP contribution is 2.12. The maximum Gasteiger partial charge on any atom is 0.342 e. The van der Waals surface area contributed by atoms with Gasteiger partial charge in [-0.05, 0) is 4.92 Å². The standard InChI is InChI=1S/C7H9N5O3/c1-11-5(2-3-6(13)10-8)9-4-7(11)12(14)15/h2-4H,8H2,1H3,(H,10,13). The predicted molar refractivity (Wildman–Crippen MR) is 51.2 cm³/mol. The predicted octanol–water partition coefficient (Wildman–Crippen LogP) is -0.669. The number of hydrogen-bond donors (Lipinski definition) is 2. The van der Waals surface area contributed by atoms with E-state index in [1.807, 2.05) is 5.43 Å². The molecule has 0 aromatic carbocycles. The minimum absolute atomic E-state index is 0.150.